The number of benzene rings is 1. The van der Waals surface area contributed by atoms with Crippen LogP contribution in [0.25, 0.3) is 0 Å². The molecular weight excluding hydrogens is 356 g/mol. The molecule has 2 aromatic rings. The Kier molecular flexibility index (Phi) is 5.02. The SMILES string of the molecule is COc1cc2c(cc1OC)C1(CCN(c3cc(N(C)C)ncn3)CC1)OCC2. The first kappa shape index (κ1) is 18.8. The Labute approximate surface area is 166 Å². The molecule has 0 atom stereocenters. The van der Waals surface area contributed by atoms with E-state index in [0.717, 1.165) is 62.1 Å². The molecule has 28 heavy (non-hydrogen) atoms. The number of piperidine rings is 1. The number of hydrogen-bond donors (Lipinski definition) is 0. The summed E-state index contributed by atoms with van der Waals surface area (Å²) in [6.07, 6.45) is 4.37. The van der Waals surface area contributed by atoms with Crippen molar-refractivity contribution in [2.24, 2.45) is 0 Å². The lowest BCUT2D eigenvalue weighted by atomic mass is 9.79. The highest BCUT2D eigenvalue weighted by Gasteiger charge is 2.41. The molecule has 0 saturated carbocycles. The van der Waals surface area contributed by atoms with Gasteiger partial charge in [0, 0.05) is 33.3 Å². The molecule has 3 heterocycles. The lowest BCUT2D eigenvalue weighted by Gasteiger charge is -2.45. The maximum Gasteiger partial charge on any atom is 0.161 e. The van der Waals surface area contributed by atoms with Gasteiger partial charge in [-0.1, -0.05) is 0 Å². The van der Waals surface area contributed by atoms with Gasteiger partial charge < -0.3 is 24.0 Å². The Bertz CT molecular complexity index is 848. The number of hydrogen-bond acceptors (Lipinski definition) is 7. The van der Waals surface area contributed by atoms with Crippen molar-refractivity contribution in [3.63, 3.8) is 0 Å². The number of rotatable bonds is 4. The summed E-state index contributed by atoms with van der Waals surface area (Å²) in [5.74, 6) is 3.44. The fourth-order valence-electron chi connectivity index (χ4n) is 4.25. The Morgan fingerprint density at radius 3 is 2.43 bits per heavy atom. The Morgan fingerprint density at radius 1 is 1.04 bits per heavy atom. The zero-order chi connectivity index (χ0) is 19.7. The fourth-order valence-corrected chi connectivity index (χ4v) is 4.25. The number of methoxy groups -OCH3 is 2. The predicted octanol–water partition coefficient (Wildman–Crippen LogP) is 2.63. The second-order valence-electron chi connectivity index (χ2n) is 7.57. The molecular formula is C21H28N4O3. The average molecular weight is 384 g/mol. The van der Waals surface area contributed by atoms with E-state index in [1.165, 1.54) is 11.1 Å². The van der Waals surface area contributed by atoms with Crippen molar-refractivity contribution in [2.45, 2.75) is 24.9 Å². The fraction of sp³-hybridized carbons (Fsp3) is 0.524. The van der Waals surface area contributed by atoms with Crippen LogP contribution >= 0.6 is 0 Å². The summed E-state index contributed by atoms with van der Waals surface area (Å²) >= 11 is 0. The molecule has 2 aliphatic heterocycles. The first-order valence-corrected chi connectivity index (χ1v) is 9.70. The Hall–Kier alpha value is -2.54. The maximum absolute atomic E-state index is 6.39. The van der Waals surface area contributed by atoms with Crippen LogP contribution in [0.5, 0.6) is 11.5 Å². The van der Waals surface area contributed by atoms with Crippen molar-refractivity contribution in [2.75, 3.05) is 57.8 Å². The van der Waals surface area contributed by atoms with Crippen molar-refractivity contribution >= 4 is 11.6 Å². The third-order valence-electron chi connectivity index (χ3n) is 5.84. The highest BCUT2D eigenvalue weighted by Crippen LogP contribution is 2.45. The minimum atomic E-state index is -0.263. The molecule has 0 unspecified atom stereocenters. The van der Waals surface area contributed by atoms with Gasteiger partial charge in [-0.3, -0.25) is 0 Å². The molecule has 1 fully saturated rings. The lowest BCUT2D eigenvalue weighted by Crippen LogP contribution is -2.47. The Balaban J connectivity index is 1.59. The minimum absolute atomic E-state index is 0.263. The van der Waals surface area contributed by atoms with E-state index in [4.69, 9.17) is 14.2 Å². The summed E-state index contributed by atoms with van der Waals surface area (Å²) in [6.45, 7) is 2.51. The second kappa shape index (κ2) is 7.47. The van der Waals surface area contributed by atoms with Gasteiger partial charge >= 0.3 is 0 Å². The quantitative estimate of drug-likeness (QED) is 0.803. The van der Waals surface area contributed by atoms with Crippen LogP contribution in [0.2, 0.25) is 0 Å². The molecule has 150 valence electrons. The molecule has 0 amide bonds. The van der Waals surface area contributed by atoms with Gasteiger partial charge in [0.05, 0.1) is 26.4 Å². The van der Waals surface area contributed by atoms with Gasteiger partial charge in [0.1, 0.15) is 18.0 Å². The zero-order valence-corrected chi connectivity index (χ0v) is 17.1. The minimum Gasteiger partial charge on any atom is -0.493 e. The number of aromatic nitrogens is 2. The van der Waals surface area contributed by atoms with E-state index in [9.17, 15) is 0 Å². The molecule has 7 nitrogen and oxygen atoms in total. The number of ether oxygens (including phenoxy) is 3. The van der Waals surface area contributed by atoms with Gasteiger partial charge in [-0.25, -0.2) is 9.97 Å². The smallest absolute Gasteiger partial charge is 0.161 e. The van der Waals surface area contributed by atoms with Crippen LogP contribution in [0.1, 0.15) is 24.0 Å². The van der Waals surface area contributed by atoms with E-state index in [1.54, 1.807) is 20.5 Å². The van der Waals surface area contributed by atoms with Gasteiger partial charge in [0.25, 0.3) is 0 Å². The van der Waals surface area contributed by atoms with Crippen LogP contribution in [0.4, 0.5) is 11.6 Å². The molecule has 0 bridgehead atoms. The lowest BCUT2D eigenvalue weighted by molar-refractivity contribution is -0.0768. The van der Waals surface area contributed by atoms with Crippen LogP contribution in [0, 0.1) is 0 Å². The summed E-state index contributed by atoms with van der Waals surface area (Å²) in [4.78, 5) is 13.1. The van der Waals surface area contributed by atoms with E-state index in [2.05, 4.69) is 27.0 Å². The molecule has 1 spiro atoms. The molecule has 1 aromatic carbocycles. The van der Waals surface area contributed by atoms with Crippen LogP contribution in [-0.4, -0.2) is 58.0 Å². The number of nitrogens with zero attached hydrogens (tertiary/aromatic N) is 4. The van der Waals surface area contributed by atoms with Crippen molar-refractivity contribution in [3.05, 3.63) is 35.7 Å². The van der Waals surface area contributed by atoms with E-state index in [0.29, 0.717) is 0 Å². The van der Waals surface area contributed by atoms with E-state index >= 15 is 0 Å². The van der Waals surface area contributed by atoms with E-state index in [1.807, 2.05) is 25.1 Å². The second-order valence-corrected chi connectivity index (χ2v) is 7.57. The first-order valence-electron chi connectivity index (χ1n) is 9.70. The van der Waals surface area contributed by atoms with Crippen LogP contribution in [0.15, 0.2) is 24.5 Å². The van der Waals surface area contributed by atoms with Crippen molar-refractivity contribution in [1.29, 1.82) is 0 Å². The molecule has 0 N–H and O–H groups in total. The monoisotopic (exact) mass is 384 g/mol. The highest BCUT2D eigenvalue weighted by atomic mass is 16.5. The van der Waals surface area contributed by atoms with Crippen LogP contribution in [0.3, 0.4) is 0 Å². The molecule has 7 heteroatoms. The molecule has 4 rings (SSSR count). The third-order valence-corrected chi connectivity index (χ3v) is 5.84. The molecule has 0 radical (unpaired) electrons. The van der Waals surface area contributed by atoms with Crippen LogP contribution in [-0.2, 0) is 16.8 Å². The highest BCUT2D eigenvalue weighted by molar-refractivity contribution is 5.52. The van der Waals surface area contributed by atoms with Gasteiger partial charge in [0.15, 0.2) is 11.5 Å². The topological polar surface area (TPSA) is 60.0 Å². The zero-order valence-electron chi connectivity index (χ0n) is 17.1. The average Bonchev–Trinajstić information content (AvgIpc) is 2.73. The number of fused-ring (bicyclic) bond motifs is 2. The maximum atomic E-state index is 6.39. The molecule has 1 saturated heterocycles. The van der Waals surface area contributed by atoms with E-state index < -0.39 is 0 Å². The summed E-state index contributed by atoms with van der Waals surface area (Å²) < 4.78 is 17.4. The van der Waals surface area contributed by atoms with Crippen molar-refractivity contribution in [3.8, 4) is 11.5 Å². The van der Waals surface area contributed by atoms with Gasteiger partial charge in [-0.05, 0) is 42.5 Å². The normalized spacial score (nSPS) is 17.9. The standard InChI is InChI=1S/C21H28N4O3/c1-24(2)19-13-20(23-14-22-19)25-8-6-21(7-9-25)16-12-18(27-4)17(26-3)11-15(16)5-10-28-21/h11-14H,5-10H2,1-4H3. The van der Waals surface area contributed by atoms with Gasteiger partial charge in [-0.2, -0.15) is 0 Å². The number of anilines is 2. The molecule has 0 aliphatic carbocycles. The molecule has 2 aliphatic rings. The van der Waals surface area contributed by atoms with Crippen molar-refractivity contribution in [1.82, 2.24) is 9.97 Å². The first-order chi connectivity index (χ1) is 13.6. The largest absolute Gasteiger partial charge is 0.493 e. The summed E-state index contributed by atoms with van der Waals surface area (Å²) in [5, 5.41) is 0. The summed E-state index contributed by atoms with van der Waals surface area (Å²) in [5.41, 5.74) is 2.28. The summed E-state index contributed by atoms with van der Waals surface area (Å²) in [7, 11) is 7.35. The Morgan fingerprint density at radius 2 is 1.75 bits per heavy atom. The molecule has 1 aromatic heterocycles. The third kappa shape index (κ3) is 3.24. The van der Waals surface area contributed by atoms with Gasteiger partial charge in [-0.15, -0.1) is 0 Å². The van der Waals surface area contributed by atoms with Gasteiger partial charge in [0.2, 0.25) is 0 Å². The van der Waals surface area contributed by atoms with Crippen molar-refractivity contribution < 1.29 is 14.2 Å². The predicted molar refractivity (Wildman–Crippen MR) is 109 cm³/mol. The summed E-state index contributed by atoms with van der Waals surface area (Å²) in [6, 6.07) is 6.26. The van der Waals surface area contributed by atoms with E-state index in [-0.39, 0.29) is 5.60 Å². The van der Waals surface area contributed by atoms with Crippen LogP contribution < -0.4 is 19.3 Å².